The van der Waals surface area contributed by atoms with Crippen molar-refractivity contribution in [2.45, 2.75) is 18.1 Å². The molecule has 0 atom stereocenters. The number of hydrogen-bond acceptors (Lipinski definition) is 5. The maximum absolute atomic E-state index is 12.8. The van der Waals surface area contributed by atoms with Crippen molar-refractivity contribution in [3.05, 3.63) is 71.8 Å². The van der Waals surface area contributed by atoms with Crippen molar-refractivity contribution in [3.8, 4) is 5.75 Å². The van der Waals surface area contributed by atoms with Crippen molar-refractivity contribution < 1.29 is 27.9 Å². The lowest BCUT2D eigenvalue weighted by Gasteiger charge is -2.22. The minimum Gasteiger partial charge on any atom is -0.508 e. The molecule has 162 valence electrons. The molecule has 0 saturated carbocycles. The molecular weight excluding hydrogens is 413 g/mol. The van der Waals surface area contributed by atoms with Crippen molar-refractivity contribution in [3.63, 3.8) is 0 Å². The standard InChI is InChI=1S/C21H19F3N4O3/c1-2-20(11-25,12-26)28-19(31)13-4-3-5-16(9-13)27-18(30)10-14-8-15(21(22,23)24)6-7-17(14)29/h2-9,11-12,25-26,29H,1,10H2,(H,27,30)(H,28,31). The number of carbonyl (C=O) groups is 2. The van der Waals surface area contributed by atoms with E-state index in [4.69, 9.17) is 10.8 Å². The fourth-order valence-electron chi connectivity index (χ4n) is 2.57. The first-order chi connectivity index (χ1) is 14.5. The van der Waals surface area contributed by atoms with Crippen LogP contribution in [0.15, 0.2) is 55.1 Å². The summed E-state index contributed by atoms with van der Waals surface area (Å²) in [6, 6.07) is 7.97. The number of alkyl halides is 3. The monoisotopic (exact) mass is 432 g/mol. The summed E-state index contributed by atoms with van der Waals surface area (Å²) in [6.45, 7) is 3.48. The van der Waals surface area contributed by atoms with Gasteiger partial charge in [0.25, 0.3) is 5.91 Å². The third-order valence-electron chi connectivity index (χ3n) is 4.31. The van der Waals surface area contributed by atoms with Gasteiger partial charge < -0.3 is 26.6 Å². The van der Waals surface area contributed by atoms with Crippen LogP contribution in [0.1, 0.15) is 21.5 Å². The Morgan fingerprint density at radius 1 is 1.10 bits per heavy atom. The van der Waals surface area contributed by atoms with Crippen molar-refractivity contribution >= 4 is 29.9 Å². The fraction of sp³-hybridized carbons (Fsp3) is 0.143. The zero-order valence-electron chi connectivity index (χ0n) is 16.1. The van der Waals surface area contributed by atoms with Crippen LogP contribution in [0.5, 0.6) is 5.75 Å². The Kier molecular flexibility index (Phi) is 6.96. The quantitative estimate of drug-likeness (QED) is 0.323. The van der Waals surface area contributed by atoms with Crippen LogP contribution < -0.4 is 10.6 Å². The number of benzene rings is 2. The molecule has 31 heavy (non-hydrogen) atoms. The molecular formula is C21H19F3N4O3. The van der Waals surface area contributed by atoms with Crippen LogP contribution in [0.25, 0.3) is 0 Å². The van der Waals surface area contributed by atoms with Crippen LogP contribution in [0.2, 0.25) is 0 Å². The number of anilines is 1. The van der Waals surface area contributed by atoms with E-state index in [0.29, 0.717) is 12.1 Å². The second-order valence-electron chi connectivity index (χ2n) is 6.53. The van der Waals surface area contributed by atoms with Gasteiger partial charge in [-0.05, 0) is 36.4 Å². The van der Waals surface area contributed by atoms with E-state index in [1.54, 1.807) is 0 Å². The highest BCUT2D eigenvalue weighted by Gasteiger charge is 2.31. The molecule has 0 aliphatic carbocycles. The molecule has 10 heteroatoms. The zero-order chi connectivity index (χ0) is 23.2. The van der Waals surface area contributed by atoms with E-state index in [1.807, 2.05) is 0 Å². The molecule has 0 bridgehead atoms. The van der Waals surface area contributed by atoms with Crippen LogP contribution in [0.3, 0.4) is 0 Å². The lowest BCUT2D eigenvalue weighted by atomic mass is 10.0. The Bertz CT molecular complexity index is 1010. The molecule has 0 aromatic heterocycles. The predicted octanol–water partition coefficient (Wildman–Crippen LogP) is 3.55. The highest BCUT2D eigenvalue weighted by atomic mass is 19.4. The SMILES string of the molecule is C=CC(C=N)(C=N)NC(=O)c1cccc(NC(=O)Cc2cc(C(F)(F)F)ccc2O)c1. The number of hydrogen-bond donors (Lipinski definition) is 5. The predicted molar refractivity (Wildman–Crippen MR) is 110 cm³/mol. The summed E-state index contributed by atoms with van der Waals surface area (Å²) in [5, 5.41) is 29.4. The Labute approximate surface area is 175 Å². The van der Waals surface area contributed by atoms with Crippen molar-refractivity contribution in [1.29, 1.82) is 10.8 Å². The fourth-order valence-corrected chi connectivity index (χ4v) is 2.57. The summed E-state index contributed by atoms with van der Waals surface area (Å²) >= 11 is 0. The summed E-state index contributed by atoms with van der Waals surface area (Å²) in [6.07, 6.45) is -2.27. The first-order valence-corrected chi connectivity index (χ1v) is 8.82. The number of amides is 2. The highest BCUT2D eigenvalue weighted by molar-refractivity contribution is 6.05. The van der Waals surface area contributed by atoms with Crippen LogP contribution in [-0.2, 0) is 17.4 Å². The Hall–Kier alpha value is -3.95. The maximum Gasteiger partial charge on any atom is 0.416 e. The largest absolute Gasteiger partial charge is 0.508 e. The minimum atomic E-state index is -4.62. The van der Waals surface area contributed by atoms with E-state index in [9.17, 15) is 27.9 Å². The molecule has 0 spiro atoms. The molecule has 0 radical (unpaired) electrons. The number of nitrogens with one attached hydrogen (secondary N) is 4. The third kappa shape index (κ3) is 5.78. The van der Waals surface area contributed by atoms with Gasteiger partial charge in [0, 0.05) is 29.2 Å². The number of phenols is 1. The molecule has 2 rings (SSSR count). The average Bonchev–Trinajstić information content (AvgIpc) is 2.73. The molecule has 0 heterocycles. The second kappa shape index (κ2) is 9.24. The minimum absolute atomic E-state index is 0.106. The number of aromatic hydroxyl groups is 1. The number of halogens is 3. The zero-order valence-corrected chi connectivity index (χ0v) is 16.1. The highest BCUT2D eigenvalue weighted by Crippen LogP contribution is 2.32. The van der Waals surface area contributed by atoms with Crippen LogP contribution in [-0.4, -0.2) is 34.9 Å². The molecule has 2 aromatic rings. The van der Waals surface area contributed by atoms with E-state index in [1.165, 1.54) is 30.3 Å². The second-order valence-corrected chi connectivity index (χ2v) is 6.53. The van der Waals surface area contributed by atoms with Gasteiger partial charge in [-0.25, -0.2) is 0 Å². The molecule has 0 fully saturated rings. The molecule has 2 amide bonds. The van der Waals surface area contributed by atoms with Gasteiger partial charge in [-0.2, -0.15) is 13.2 Å². The molecule has 5 N–H and O–H groups in total. The number of carbonyl (C=O) groups excluding carboxylic acids is 2. The molecule has 0 saturated heterocycles. The van der Waals surface area contributed by atoms with E-state index in [-0.39, 0.29) is 16.8 Å². The van der Waals surface area contributed by atoms with Crippen molar-refractivity contribution in [2.75, 3.05) is 5.32 Å². The van der Waals surface area contributed by atoms with Gasteiger partial charge in [0.1, 0.15) is 11.3 Å². The van der Waals surface area contributed by atoms with Gasteiger partial charge in [-0.3, -0.25) is 9.59 Å². The van der Waals surface area contributed by atoms with Crippen LogP contribution in [0.4, 0.5) is 18.9 Å². The summed E-state index contributed by atoms with van der Waals surface area (Å²) in [5.41, 5.74) is -2.35. The smallest absolute Gasteiger partial charge is 0.416 e. The van der Waals surface area contributed by atoms with Gasteiger partial charge in [0.05, 0.1) is 12.0 Å². The van der Waals surface area contributed by atoms with E-state index in [2.05, 4.69) is 17.2 Å². The topological polar surface area (TPSA) is 126 Å². The van der Waals surface area contributed by atoms with Gasteiger partial charge in [-0.1, -0.05) is 18.7 Å². The summed E-state index contributed by atoms with van der Waals surface area (Å²) in [5.74, 6) is -1.79. The maximum atomic E-state index is 12.8. The Morgan fingerprint density at radius 2 is 1.77 bits per heavy atom. The van der Waals surface area contributed by atoms with Crippen LogP contribution in [0, 0.1) is 10.8 Å². The van der Waals surface area contributed by atoms with Gasteiger partial charge >= 0.3 is 6.18 Å². The Balaban J connectivity index is 2.15. The van der Waals surface area contributed by atoms with Crippen LogP contribution >= 0.6 is 0 Å². The van der Waals surface area contributed by atoms with E-state index < -0.39 is 41.3 Å². The first-order valence-electron chi connectivity index (χ1n) is 8.82. The molecule has 2 aromatic carbocycles. The first kappa shape index (κ1) is 23.3. The molecule has 7 nitrogen and oxygen atoms in total. The van der Waals surface area contributed by atoms with Crippen molar-refractivity contribution in [2.24, 2.45) is 0 Å². The lowest BCUT2D eigenvalue weighted by Crippen LogP contribution is -2.49. The van der Waals surface area contributed by atoms with Gasteiger partial charge in [0.15, 0.2) is 0 Å². The molecule has 0 aliphatic heterocycles. The summed E-state index contributed by atoms with van der Waals surface area (Å²) in [7, 11) is 0. The lowest BCUT2D eigenvalue weighted by molar-refractivity contribution is -0.137. The summed E-state index contributed by atoms with van der Waals surface area (Å²) in [4.78, 5) is 24.7. The summed E-state index contributed by atoms with van der Waals surface area (Å²) < 4.78 is 38.5. The number of rotatable bonds is 8. The normalized spacial score (nSPS) is 12.9. The van der Waals surface area contributed by atoms with Crippen molar-refractivity contribution in [1.82, 2.24) is 5.32 Å². The third-order valence-corrected chi connectivity index (χ3v) is 4.31. The molecule has 0 aliphatic rings. The Morgan fingerprint density at radius 3 is 2.35 bits per heavy atom. The number of phenolic OH excluding ortho intramolecular Hbond substituents is 1. The van der Waals surface area contributed by atoms with E-state index >= 15 is 0 Å². The molecule has 0 unspecified atom stereocenters. The van der Waals surface area contributed by atoms with Gasteiger partial charge in [-0.15, -0.1) is 0 Å². The van der Waals surface area contributed by atoms with E-state index in [0.717, 1.165) is 18.5 Å². The van der Waals surface area contributed by atoms with Gasteiger partial charge in [0.2, 0.25) is 5.91 Å². The average molecular weight is 432 g/mol.